The summed E-state index contributed by atoms with van der Waals surface area (Å²) in [5.41, 5.74) is 2.28. The summed E-state index contributed by atoms with van der Waals surface area (Å²) in [6.45, 7) is 6.16. The second-order valence-electron chi connectivity index (χ2n) is 7.39. The summed E-state index contributed by atoms with van der Waals surface area (Å²) in [4.78, 5) is 17.0. The third-order valence-corrected chi connectivity index (χ3v) is 6.24. The fourth-order valence-electron chi connectivity index (χ4n) is 3.43. The highest BCUT2D eigenvalue weighted by molar-refractivity contribution is 7.92. The molecular weight excluding hydrogens is 428 g/mol. The quantitative estimate of drug-likeness (QED) is 0.534. The zero-order valence-electron chi connectivity index (χ0n) is 18.6. The minimum atomic E-state index is -3.68. The number of sulfonamides is 1. The largest absolute Gasteiger partial charge is 0.494 e. The number of benzene rings is 2. The van der Waals surface area contributed by atoms with Crippen LogP contribution in [0.2, 0.25) is 0 Å². The van der Waals surface area contributed by atoms with Crippen molar-refractivity contribution in [2.24, 2.45) is 0 Å². The second-order valence-corrected chi connectivity index (χ2v) is 9.25. The Morgan fingerprint density at radius 1 is 1.16 bits per heavy atom. The molecule has 0 saturated heterocycles. The Kier molecular flexibility index (Phi) is 7.19. The van der Waals surface area contributed by atoms with Crippen LogP contribution >= 0.6 is 0 Å². The molecule has 1 amide bonds. The molecule has 3 aromatic rings. The van der Waals surface area contributed by atoms with E-state index in [1.807, 2.05) is 48.9 Å². The van der Waals surface area contributed by atoms with Crippen LogP contribution in [-0.4, -0.2) is 42.8 Å². The molecule has 0 fully saturated rings. The van der Waals surface area contributed by atoms with Crippen molar-refractivity contribution in [3.63, 3.8) is 0 Å². The molecule has 1 aromatic heterocycles. The van der Waals surface area contributed by atoms with Crippen LogP contribution in [0.5, 0.6) is 5.75 Å². The lowest BCUT2D eigenvalue weighted by molar-refractivity contribution is -0.122. The number of carbonyl (C=O) groups is 1. The molecule has 0 bridgehead atoms. The molecule has 0 aliphatic heterocycles. The summed E-state index contributed by atoms with van der Waals surface area (Å²) in [6.07, 6.45) is 4.71. The number of ether oxygens (including phenoxy) is 1. The Hall–Kier alpha value is -3.33. The van der Waals surface area contributed by atoms with Gasteiger partial charge in [0.25, 0.3) is 0 Å². The number of hydrogen-bond acceptors (Lipinski definition) is 5. The van der Waals surface area contributed by atoms with Gasteiger partial charge in [0.15, 0.2) is 0 Å². The van der Waals surface area contributed by atoms with Crippen molar-refractivity contribution in [2.75, 3.05) is 17.2 Å². The maximum absolute atomic E-state index is 12.8. The number of aryl methyl sites for hydroxylation is 1. The summed E-state index contributed by atoms with van der Waals surface area (Å²) in [7, 11) is -3.68. The Morgan fingerprint density at radius 3 is 2.34 bits per heavy atom. The maximum Gasteiger partial charge on any atom is 0.243 e. The van der Waals surface area contributed by atoms with Gasteiger partial charge in [-0.2, -0.15) is 0 Å². The van der Waals surface area contributed by atoms with Gasteiger partial charge in [-0.15, -0.1) is 0 Å². The first-order chi connectivity index (χ1) is 15.2. The average Bonchev–Trinajstić information content (AvgIpc) is 3.19. The van der Waals surface area contributed by atoms with Crippen molar-refractivity contribution in [2.45, 2.75) is 33.4 Å². The zero-order valence-corrected chi connectivity index (χ0v) is 19.5. The van der Waals surface area contributed by atoms with Crippen LogP contribution in [0.3, 0.4) is 0 Å². The van der Waals surface area contributed by atoms with Gasteiger partial charge in [-0.3, -0.25) is 9.10 Å². The van der Waals surface area contributed by atoms with Crippen molar-refractivity contribution < 1.29 is 17.9 Å². The molecule has 8 nitrogen and oxygen atoms in total. The first-order valence-corrected chi connectivity index (χ1v) is 12.1. The zero-order chi connectivity index (χ0) is 23.3. The molecule has 2 aromatic carbocycles. The number of hydrogen-bond donors (Lipinski definition) is 1. The van der Waals surface area contributed by atoms with Gasteiger partial charge in [0, 0.05) is 24.6 Å². The van der Waals surface area contributed by atoms with Crippen LogP contribution in [0.4, 0.5) is 5.69 Å². The van der Waals surface area contributed by atoms with E-state index in [0.717, 1.165) is 27.6 Å². The van der Waals surface area contributed by atoms with Gasteiger partial charge >= 0.3 is 0 Å². The van der Waals surface area contributed by atoms with Crippen LogP contribution in [0.15, 0.2) is 60.9 Å². The third-order valence-electron chi connectivity index (χ3n) is 5.00. The standard InChI is InChI=1S/C23H28N4O4S/c1-5-31-22-12-10-21(11-13-22)27(32(4,29)30)17(2)23(28)25-16-19-6-8-20(9-7-19)26-15-14-24-18(26)3/h6-15,17H,5,16H2,1-4H3,(H,25,28)/t17-/m1/s1. The molecule has 0 aliphatic rings. The fourth-order valence-corrected chi connectivity index (χ4v) is 4.60. The van der Waals surface area contributed by atoms with E-state index in [9.17, 15) is 13.2 Å². The van der Waals surface area contributed by atoms with Gasteiger partial charge in [0.1, 0.15) is 17.6 Å². The van der Waals surface area contributed by atoms with E-state index in [0.29, 0.717) is 18.0 Å². The van der Waals surface area contributed by atoms with E-state index in [1.54, 1.807) is 37.4 Å². The minimum absolute atomic E-state index is 0.285. The second kappa shape index (κ2) is 9.86. The monoisotopic (exact) mass is 456 g/mol. The van der Waals surface area contributed by atoms with E-state index in [1.165, 1.54) is 0 Å². The summed E-state index contributed by atoms with van der Waals surface area (Å²) in [5, 5.41) is 2.83. The Morgan fingerprint density at radius 2 is 1.81 bits per heavy atom. The first kappa shape index (κ1) is 23.3. The van der Waals surface area contributed by atoms with Gasteiger partial charge in [-0.1, -0.05) is 12.1 Å². The van der Waals surface area contributed by atoms with Crippen molar-refractivity contribution in [1.82, 2.24) is 14.9 Å². The molecule has 32 heavy (non-hydrogen) atoms. The predicted octanol–water partition coefficient (Wildman–Crippen LogP) is 3.05. The van der Waals surface area contributed by atoms with Gasteiger partial charge in [-0.25, -0.2) is 13.4 Å². The molecule has 1 N–H and O–H groups in total. The van der Waals surface area contributed by atoms with Crippen molar-refractivity contribution in [3.8, 4) is 11.4 Å². The van der Waals surface area contributed by atoms with Gasteiger partial charge in [0.05, 0.1) is 18.6 Å². The number of nitrogens with zero attached hydrogens (tertiary/aromatic N) is 3. The molecule has 1 atom stereocenters. The Balaban J connectivity index is 1.69. The molecule has 0 saturated carbocycles. The lowest BCUT2D eigenvalue weighted by atomic mass is 10.2. The lowest BCUT2D eigenvalue weighted by Gasteiger charge is -2.28. The molecule has 9 heteroatoms. The van der Waals surface area contributed by atoms with Crippen LogP contribution in [0, 0.1) is 6.92 Å². The van der Waals surface area contributed by atoms with Crippen LogP contribution in [0.25, 0.3) is 5.69 Å². The summed E-state index contributed by atoms with van der Waals surface area (Å²) < 4.78 is 33.4. The molecule has 1 heterocycles. The highest BCUT2D eigenvalue weighted by atomic mass is 32.2. The number of nitrogens with one attached hydrogen (secondary N) is 1. The molecule has 0 aliphatic carbocycles. The first-order valence-electron chi connectivity index (χ1n) is 10.3. The van der Waals surface area contributed by atoms with E-state index < -0.39 is 16.1 Å². The number of aromatic nitrogens is 2. The van der Waals surface area contributed by atoms with E-state index in [-0.39, 0.29) is 12.5 Å². The van der Waals surface area contributed by atoms with Gasteiger partial charge < -0.3 is 14.6 Å². The van der Waals surface area contributed by atoms with Crippen LogP contribution in [0.1, 0.15) is 25.2 Å². The topological polar surface area (TPSA) is 93.5 Å². The highest BCUT2D eigenvalue weighted by Crippen LogP contribution is 2.24. The highest BCUT2D eigenvalue weighted by Gasteiger charge is 2.29. The summed E-state index contributed by atoms with van der Waals surface area (Å²) >= 11 is 0. The molecule has 0 spiro atoms. The molecular formula is C23H28N4O4S. The van der Waals surface area contributed by atoms with Crippen LogP contribution < -0.4 is 14.4 Å². The SMILES string of the molecule is CCOc1ccc(N([C@H](C)C(=O)NCc2ccc(-n3ccnc3C)cc2)S(C)(=O)=O)cc1. The van der Waals surface area contributed by atoms with Gasteiger partial charge in [-0.05, 0) is 62.7 Å². The summed E-state index contributed by atoms with van der Waals surface area (Å²) in [6, 6.07) is 13.4. The lowest BCUT2D eigenvalue weighted by Crippen LogP contribution is -2.47. The molecule has 3 rings (SSSR count). The number of amides is 1. The van der Waals surface area contributed by atoms with Crippen molar-refractivity contribution in [3.05, 3.63) is 72.3 Å². The van der Waals surface area contributed by atoms with E-state index in [4.69, 9.17) is 4.74 Å². The van der Waals surface area contributed by atoms with Crippen LogP contribution in [-0.2, 0) is 21.4 Å². The maximum atomic E-state index is 12.8. The minimum Gasteiger partial charge on any atom is -0.494 e. The number of imidazole rings is 1. The third kappa shape index (κ3) is 5.47. The number of rotatable bonds is 9. The smallest absolute Gasteiger partial charge is 0.243 e. The van der Waals surface area contributed by atoms with Crippen molar-refractivity contribution in [1.29, 1.82) is 0 Å². The normalized spacial score (nSPS) is 12.2. The molecule has 0 radical (unpaired) electrons. The predicted molar refractivity (Wildman–Crippen MR) is 125 cm³/mol. The van der Waals surface area contributed by atoms with E-state index in [2.05, 4.69) is 10.3 Å². The average molecular weight is 457 g/mol. The van der Waals surface area contributed by atoms with E-state index >= 15 is 0 Å². The van der Waals surface area contributed by atoms with Crippen molar-refractivity contribution >= 4 is 21.6 Å². The van der Waals surface area contributed by atoms with Gasteiger partial charge in [0.2, 0.25) is 15.9 Å². The number of carbonyl (C=O) groups excluding carboxylic acids is 1. The molecule has 170 valence electrons. The Bertz CT molecular complexity index is 1160. The number of anilines is 1. The summed E-state index contributed by atoms with van der Waals surface area (Å²) in [5.74, 6) is 1.13. The fraction of sp³-hybridized carbons (Fsp3) is 0.304. The molecule has 0 unspecified atom stereocenters. The Labute approximate surface area is 188 Å².